The second kappa shape index (κ2) is 8.90. The van der Waals surface area contributed by atoms with Gasteiger partial charge < -0.3 is 14.5 Å². The summed E-state index contributed by atoms with van der Waals surface area (Å²) in [6, 6.07) is 15.5. The molecular formula is C22H28N4O3. The topological polar surface area (TPSA) is 62.1 Å². The minimum atomic E-state index is -0.318. The van der Waals surface area contributed by atoms with Gasteiger partial charge in [-0.1, -0.05) is 30.3 Å². The van der Waals surface area contributed by atoms with Crippen LogP contribution in [0.5, 0.6) is 0 Å². The Kier molecular flexibility index (Phi) is 6.08. The van der Waals surface area contributed by atoms with Crippen LogP contribution in [0.2, 0.25) is 0 Å². The summed E-state index contributed by atoms with van der Waals surface area (Å²) in [5.41, 5.74) is 3.29. The van der Waals surface area contributed by atoms with Crippen molar-refractivity contribution in [2.45, 2.75) is 19.2 Å². The van der Waals surface area contributed by atoms with E-state index in [1.165, 1.54) is 5.56 Å². The van der Waals surface area contributed by atoms with Crippen LogP contribution in [0.3, 0.4) is 0 Å². The molecule has 154 valence electrons. The van der Waals surface area contributed by atoms with E-state index in [0.29, 0.717) is 6.61 Å². The number of anilines is 1. The van der Waals surface area contributed by atoms with E-state index < -0.39 is 0 Å². The number of hydrogen-bond acceptors (Lipinski definition) is 6. The number of nitro benzene ring substituents is 1. The highest BCUT2D eigenvalue weighted by atomic mass is 16.6. The zero-order valence-electron chi connectivity index (χ0n) is 16.9. The standard InChI is InChI=1S/C22H28N4O3/c1-23-11-13-24(14-12-23)21-9-8-19(26(27)28)16-20(21)22-25(10-5-15-29-22)17-18-6-3-2-4-7-18/h2-4,6-9,16,22H,5,10-15,17H2,1H3. The zero-order chi connectivity index (χ0) is 20.2. The molecule has 7 heteroatoms. The number of ether oxygens (including phenoxy) is 1. The molecule has 0 aliphatic carbocycles. The number of piperazine rings is 1. The van der Waals surface area contributed by atoms with Gasteiger partial charge in [-0.15, -0.1) is 0 Å². The molecule has 0 N–H and O–H groups in total. The van der Waals surface area contributed by atoms with E-state index in [4.69, 9.17) is 4.74 Å². The van der Waals surface area contributed by atoms with Crippen LogP contribution in [0.1, 0.15) is 23.8 Å². The lowest BCUT2D eigenvalue weighted by atomic mass is 10.0. The second-order valence-electron chi connectivity index (χ2n) is 7.82. The molecule has 2 heterocycles. The molecule has 7 nitrogen and oxygen atoms in total. The Hall–Kier alpha value is -2.48. The average Bonchev–Trinajstić information content (AvgIpc) is 2.75. The van der Waals surface area contributed by atoms with Gasteiger partial charge in [0.2, 0.25) is 0 Å². The number of benzene rings is 2. The third kappa shape index (κ3) is 4.58. The predicted molar refractivity (Wildman–Crippen MR) is 113 cm³/mol. The van der Waals surface area contributed by atoms with E-state index in [1.54, 1.807) is 12.1 Å². The fourth-order valence-electron chi connectivity index (χ4n) is 4.14. The van der Waals surface area contributed by atoms with E-state index in [0.717, 1.165) is 56.9 Å². The Labute approximate surface area is 171 Å². The Bertz CT molecular complexity index is 837. The van der Waals surface area contributed by atoms with Gasteiger partial charge in [0.1, 0.15) is 6.23 Å². The summed E-state index contributed by atoms with van der Waals surface area (Å²) in [5, 5.41) is 11.5. The summed E-state index contributed by atoms with van der Waals surface area (Å²) >= 11 is 0. The maximum absolute atomic E-state index is 11.5. The molecule has 0 spiro atoms. The Morgan fingerprint density at radius 3 is 2.55 bits per heavy atom. The van der Waals surface area contributed by atoms with Gasteiger partial charge in [0.05, 0.1) is 11.5 Å². The SMILES string of the molecule is CN1CCN(c2ccc([N+](=O)[O-])cc2C2OCCCN2Cc2ccccc2)CC1. The Morgan fingerprint density at radius 2 is 1.83 bits per heavy atom. The van der Waals surface area contributed by atoms with E-state index in [1.807, 2.05) is 24.3 Å². The van der Waals surface area contributed by atoms with Crippen molar-refractivity contribution in [3.05, 3.63) is 69.8 Å². The Balaban J connectivity index is 1.67. The first-order valence-corrected chi connectivity index (χ1v) is 10.2. The summed E-state index contributed by atoms with van der Waals surface area (Å²) in [7, 11) is 2.12. The number of hydrogen-bond donors (Lipinski definition) is 0. The van der Waals surface area contributed by atoms with Gasteiger partial charge >= 0.3 is 0 Å². The molecule has 0 radical (unpaired) electrons. The average molecular weight is 396 g/mol. The van der Waals surface area contributed by atoms with E-state index in [9.17, 15) is 10.1 Å². The first kappa shape index (κ1) is 19.8. The third-order valence-corrected chi connectivity index (χ3v) is 5.76. The maximum Gasteiger partial charge on any atom is 0.270 e. The molecule has 2 aliphatic heterocycles. The predicted octanol–water partition coefficient (Wildman–Crippen LogP) is 3.27. The first-order valence-electron chi connectivity index (χ1n) is 10.2. The van der Waals surface area contributed by atoms with Crippen molar-refractivity contribution in [2.75, 3.05) is 51.3 Å². The molecule has 0 bridgehead atoms. The van der Waals surface area contributed by atoms with Crippen LogP contribution in [-0.4, -0.2) is 61.1 Å². The van der Waals surface area contributed by atoms with Crippen LogP contribution in [-0.2, 0) is 11.3 Å². The molecule has 0 amide bonds. The molecule has 0 aromatic heterocycles. The molecule has 1 atom stereocenters. The van der Waals surface area contributed by atoms with E-state index in [2.05, 4.69) is 33.9 Å². The van der Waals surface area contributed by atoms with Crippen molar-refractivity contribution < 1.29 is 9.66 Å². The van der Waals surface area contributed by atoms with Gasteiger partial charge in [0.15, 0.2) is 0 Å². The van der Waals surface area contributed by atoms with Crippen molar-refractivity contribution in [3.8, 4) is 0 Å². The summed E-state index contributed by atoms with van der Waals surface area (Å²) in [6.07, 6.45) is 0.681. The molecule has 2 aromatic rings. The van der Waals surface area contributed by atoms with Crippen molar-refractivity contribution >= 4 is 11.4 Å². The smallest absolute Gasteiger partial charge is 0.270 e. The molecule has 29 heavy (non-hydrogen) atoms. The fraction of sp³-hybridized carbons (Fsp3) is 0.455. The van der Waals surface area contributed by atoms with Crippen molar-refractivity contribution in [2.24, 2.45) is 0 Å². The van der Waals surface area contributed by atoms with Crippen LogP contribution in [0.25, 0.3) is 0 Å². The summed E-state index contributed by atoms with van der Waals surface area (Å²) in [6.45, 7) is 6.12. The van der Waals surface area contributed by atoms with E-state index >= 15 is 0 Å². The normalized spacial score (nSPS) is 21.3. The molecule has 4 rings (SSSR count). The number of likely N-dealkylation sites (N-methyl/N-ethyl adjacent to an activating group) is 1. The summed E-state index contributed by atoms with van der Waals surface area (Å²) in [4.78, 5) is 18.1. The number of nitrogens with zero attached hydrogens (tertiary/aromatic N) is 4. The summed E-state index contributed by atoms with van der Waals surface area (Å²) in [5.74, 6) is 0. The largest absolute Gasteiger partial charge is 0.369 e. The van der Waals surface area contributed by atoms with Crippen LogP contribution in [0.4, 0.5) is 11.4 Å². The molecule has 2 fully saturated rings. The molecule has 2 aliphatic rings. The van der Waals surface area contributed by atoms with Gasteiger partial charge in [-0.25, -0.2) is 0 Å². The second-order valence-corrected chi connectivity index (χ2v) is 7.82. The zero-order valence-corrected chi connectivity index (χ0v) is 16.9. The van der Waals surface area contributed by atoms with E-state index in [-0.39, 0.29) is 16.8 Å². The van der Waals surface area contributed by atoms with Crippen LogP contribution < -0.4 is 4.90 Å². The van der Waals surface area contributed by atoms with Crippen LogP contribution in [0.15, 0.2) is 48.5 Å². The quantitative estimate of drug-likeness (QED) is 0.571. The first-order chi connectivity index (χ1) is 14.1. The minimum Gasteiger partial charge on any atom is -0.369 e. The van der Waals surface area contributed by atoms with Crippen LogP contribution >= 0.6 is 0 Å². The molecule has 1 unspecified atom stereocenters. The highest BCUT2D eigenvalue weighted by molar-refractivity contribution is 5.59. The lowest BCUT2D eigenvalue weighted by Gasteiger charge is -2.40. The third-order valence-electron chi connectivity index (χ3n) is 5.76. The van der Waals surface area contributed by atoms with Crippen molar-refractivity contribution in [3.63, 3.8) is 0 Å². The highest BCUT2D eigenvalue weighted by Crippen LogP contribution is 2.37. The number of nitro groups is 1. The minimum absolute atomic E-state index is 0.117. The van der Waals surface area contributed by atoms with Gasteiger partial charge in [-0.05, 0) is 25.1 Å². The van der Waals surface area contributed by atoms with Crippen LogP contribution in [0, 0.1) is 10.1 Å². The summed E-state index contributed by atoms with van der Waals surface area (Å²) < 4.78 is 6.20. The van der Waals surface area contributed by atoms with Gasteiger partial charge in [0, 0.05) is 62.7 Å². The molecule has 2 aromatic carbocycles. The molecule has 2 saturated heterocycles. The molecular weight excluding hydrogens is 368 g/mol. The number of rotatable bonds is 5. The Morgan fingerprint density at radius 1 is 1.07 bits per heavy atom. The lowest BCUT2D eigenvalue weighted by Crippen LogP contribution is -2.45. The van der Waals surface area contributed by atoms with Gasteiger partial charge in [-0.2, -0.15) is 0 Å². The number of non-ortho nitro benzene ring substituents is 1. The monoisotopic (exact) mass is 396 g/mol. The highest BCUT2D eigenvalue weighted by Gasteiger charge is 2.30. The lowest BCUT2D eigenvalue weighted by molar-refractivity contribution is -0.385. The maximum atomic E-state index is 11.5. The fourth-order valence-corrected chi connectivity index (χ4v) is 4.14. The van der Waals surface area contributed by atoms with Crippen molar-refractivity contribution in [1.29, 1.82) is 0 Å². The van der Waals surface area contributed by atoms with Gasteiger partial charge in [0.25, 0.3) is 5.69 Å². The molecule has 0 saturated carbocycles. The van der Waals surface area contributed by atoms with Crippen molar-refractivity contribution in [1.82, 2.24) is 9.80 Å². The van der Waals surface area contributed by atoms with Gasteiger partial charge in [-0.3, -0.25) is 15.0 Å².